The van der Waals surface area contributed by atoms with Gasteiger partial charge < -0.3 is 10.2 Å². The lowest BCUT2D eigenvalue weighted by Crippen LogP contribution is -2.38. The van der Waals surface area contributed by atoms with E-state index >= 15 is 0 Å². The fourth-order valence-corrected chi connectivity index (χ4v) is 1.49. The molecule has 2 rings (SSSR count). The van der Waals surface area contributed by atoms with Gasteiger partial charge >= 0.3 is 0 Å². The van der Waals surface area contributed by atoms with Crippen molar-refractivity contribution >= 4 is 5.96 Å². The Labute approximate surface area is 66.8 Å². The Balaban J connectivity index is 1.97. The van der Waals surface area contributed by atoms with Crippen molar-refractivity contribution in [2.45, 2.75) is 12.8 Å². The molecule has 3 nitrogen and oxygen atoms in total. The summed E-state index contributed by atoms with van der Waals surface area (Å²) in [6.45, 7) is 3.16. The molecule has 0 atom stereocenters. The van der Waals surface area contributed by atoms with Crippen molar-refractivity contribution in [3.63, 3.8) is 0 Å². The van der Waals surface area contributed by atoms with Gasteiger partial charge in [0, 0.05) is 19.3 Å². The number of rotatable bonds is 0. The van der Waals surface area contributed by atoms with E-state index in [1.165, 1.54) is 25.9 Å². The Bertz CT molecular complexity index is 190. The average molecular weight is 151 g/mol. The molecule has 1 N–H and O–H groups in total. The first-order chi connectivity index (χ1) is 5.47. The van der Waals surface area contributed by atoms with Crippen molar-refractivity contribution in [1.29, 1.82) is 0 Å². The molecular weight excluding hydrogens is 138 g/mol. The number of likely N-dealkylation sites (tertiary alicyclic amines) is 1. The van der Waals surface area contributed by atoms with E-state index in [2.05, 4.69) is 15.2 Å². The molecule has 0 aromatic heterocycles. The topological polar surface area (TPSA) is 27.6 Å². The Hall–Kier alpha value is -0.990. The molecule has 0 aliphatic carbocycles. The van der Waals surface area contributed by atoms with Crippen molar-refractivity contribution < 1.29 is 0 Å². The molecule has 0 radical (unpaired) electrons. The van der Waals surface area contributed by atoms with Crippen LogP contribution in [-0.4, -0.2) is 30.5 Å². The van der Waals surface area contributed by atoms with Gasteiger partial charge in [-0.25, -0.2) is 4.99 Å². The fraction of sp³-hybridized carbons (Fsp3) is 0.625. The molecule has 1 fully saturated rings. The summed E-state index contributed by atoms with van der Waals surface area (Å²) in [5.74, 6) is 1.06. The largest absolute Gasteiger partial charge is 0.343 e. The highest BCUT2D eigenvalue weighted by atomic mass is 15.3. The van der Waals surface area contributed by atoms with Crippen molar-refractivity contribution in [2.75, 3.05) is 19.6 Å². The third-order valence-corrected chi connectivity index (χ3v) is 2.08. The summed E-state index contributed by atoms with van der Waals surface area (Å²) in [4.78, 5) is 6.67. The van der Waals surface area contributed by atoms with E-state index < -0.39 is 0 Å². The molecule has 3 heteroatoms. The highest BCUT2D eigenvalue weighted by Gasteiger charge is 2.15. The minimum absolute atomic E-state index is 0.832. The van der Waals surface area contributed by atoms with Gasteiger partial charge in [0.15, 0.2) is 5.96 Å². The zero-order chi connectivity index (χ0) is 7.52. The molecule has 60 valence electrons. The Morgan fingerprint density at radius 3 is 2.82 bits per heavy atom. The van der Waals surface area contributed by atoms with Crippen molar-refractivity contribution in [2.24, 2.45) is 4.99 Å². The van der Waals surface area contributed by atoms with Crippen LogP contribution in [0.3, 0.4) is 0 Å². The van der Waals surface area contributed by atoms with Gasteiger partial charge in [-0.2, -0.15) is 0 Å². The third-order valence-electron chi connectivity index (χ3n) is 2.08. The maximum Gasteiger partial charge on any atom is 0.198 e. The van der Waals surface area contributed by atoms with Crippen LogP contribution in [0.2, 0.25) is 0 Å². The predicted molar refractivity (Wildman–Crippen MR) is 45.4 cm³/mol. The Morgan fingerprint density at radius 1 is 1.36 bits per heavy atom. The Morgan fingerprint density at radius 2 is 2.18 bits per heavy atom. The van der Waals surface area contributed by atoms with E-state index in [1.54, 1.807) is 0 Å². The SMILES string of the molecule is C1=CNC(N2CCCC2)=NC1. The third kappa shape index (κ3) is 1.37. The summed E-state index contributed by atoms with van der Waals surface area (Å²) in [5, 5.41) is 3.16. The normalized spacial score (nSPS) is 23.3. The molecule has 0 aromatic rings. The van der Waals surface area contributed by atoms with Crippen LogP contribution in [0.15, 0.2) is 17.3 Å². The number of nitrogens with one attached hydrogen (secondary N) is 1. The smallest absolute Gasteiger partial charge is 0.198 e. The molecule has 11 heavy (non-hydrogen) atoms. The summed E-state index contributed by atoms with van der Waals surface area (Å²) in [5.41, 5.74) is 0. The first kappa shape index (κ1) is 6.70. The van der Waals surface area contributed by atoms with Crippen LogP contribution in [0.4, 0.5) is 0 Å². The van der Waals surface area contributed by atoms with Crippen LogP contribution in [0.25, 0.3) is 0 Å². The van der Waals surface area contributed by atoms with Gasteiger partial charge in [0.2, 0.25) is 0 Å². The number of hydrogen-bond acceptors (Lipinski definition) is 3. The molecular formula is C8H13N3. The lowest BCUT2D eigenvalue weighted by molar-refractivity contribution is 0.501. The van der Waals surface area contributed by atoms with Gasteiger partial charge in [-0.05, 0) is 18.9 Å². The lowest BCUT2D eigenvalue weighted by Gasteiger charge is -2.20. The highest BCUT2D eigenvalue weighted by Crippen LogP contribution is 2.07. The molecule has 2 aliphatic rings. The van der Waals surface area contributed by atoms with Gasteiger partial charge in [-0.15, -0.1) is 0 Å². The minimum atomic E-state index is 0.832. The lowest BCUT2D eigenvalue weighted by atomic mass is 10.4. The zero-order valence-corrected chi connectivity index (χ0v) is 6.58. The molecule has 0 saturated carbocycles. The van der Waals surface area contributed by atoms with Crippen LogP contribution >= 0.6 is 0 Å². The van der Waals surface area contributed by atoms with Gasteiger partial charge in [0.1, 0.15) is 0 Å². The molecule has 0 bridgehead atoms. The molecule has 1 saturated heterocycles. The van der Waals surface area contributed by atoms with E-state index in [0.29, 0.717) is 0 Å². The van der Waals surface area contributed by atoms with E-state index in [4.69, 9.17) is 0 Å². The number of hydrogen-bond donors (Lipinski definition) is 1. The monoisotopic (exact) mass is 151 g/mol. The van der Waals surface area contributed by atoms with Crippen molar-refractivity contribution in [3.8, 4) is 0 Å². The first-order valence-electron chi connectivity index (χ1n) is 4.18. The second-order valence-electron chi connectivity index (χ2n) is 2.91. The molecule has 2 aliphatic heterocycles. The first-order valence-corrected chi connectivity index (χ1v) is 4.18. The maximum atomic E-state index is 4.36. The van der Waals surface area contributed by atoms with Crippen LogP contribution in [-0.2, 0) is 0 Å². The van der Waals surface area contributed by atoms with E-state index in [9.17, 15) is 0 Å². The second-order valence-corrected chi connectivity index (χ2v) is 2.91. The zero-order valence-electron chi connectivity index (χ0n) is 6.58. The molecule has 0 spiro atoms. The molecule has 2 heterocycles. The van der Waals surface area contributed by atoms with Gasteiger partial charge in [0.25, 0.3) is 0 Å². The van der Waals surface area contributed by atoms with Crippen molar-refractivity contribution in [1.82, 2.24) is 10.2 Å². The molecule has 0 aromatic carbocycles. The second kappa shape index (κ2) is 2.95. The van der Waals surface area contributed by atoms with Gasteiger partial charge in [-0.1, -0.05) is 0 Å². The van der Waals surface area contributed by atoms with Crippen LogP contribution in [0.5, 0.6) is 0 Å². The quantitative estimate of drug-likeness (QED) is 0.547. The van der Waals surface area contributed by atoms with E-state index in [0.717, 1.165) is 12.5 Å². The predicted octanol–water partition coefficient (Wildman–Crippen LogP) is 0.555. The van der Waals surface area contributed by atoms with Crippen LogP contribution in [0.1, 0.15) is 12.8 Å². The molecule has 0 unspecified atom stereocenters. The summed E-state index contributed by atoms with van der Waals surface area (Å²) < 4.78 is 0. The number of aliphatic imine (C=N–C) groups is 1. The van der Waals surface area contributed by atoms with Gasteiger partial charge in [-0.3, -0.25) is 0 Å². The summed E-state index contributed by atoms with van der Waals surface area (Å²) in [7, 11) is 0. The van der Waals surface area contributed by atoms with Crippen molar-refractivity contribution in [3.05, 3.63) is 12.3 Å². The van der Waals surface area contributed by atoms with E-state index in [-0.39, 0.29) is 0 Å². The number of nitrogens with zero attached hydrogens (tertiary/aromatic N) is 2. The summed E-state index contributed by atoms with van der Waals surface area (Å²) >= 11 is 0. The Kier molecular flexibility index (Phi) is 1.79. The van der Waals surface area contributed by atoms with E-state index in [1.807, 2.05) is 12.3 Å². The standard InChI is InChI=1S/C8H13N3/c1-2-7-11(6-1)8-9-4-3-5-10-8/h3-4H,1-2,5-7H2,(H,9,10). The number of guanidine groups is 1. The summed E-state index contributed by atoms with van der Waals surface area (Å²) in [6, 6.07) is 0. The minimum Gasteiger partial charge on any atom is -0.343 e. The van der Waals surface area contributed by atoms with Crippen LogP contribution < -0.4 is 5.32 Å². The highest BCUT2D eigenvalue weighted by molar-refractivity contribution is 5.81. The average Bonchev–Trinajstić information content (AvgIpc) is 2.58. The maximum absolute atomic E-state index is 4.36. The fourth-order valence-electron chi connectivity index (χ4n) is 1.49. The molecule has 0 amide bonds. The summed E-state index contributed by atoms with van der Waals surface area (Å²) in [6.07, 6.45) is 6.62. The van der Waals surface area contributed by atoms with Crippen LogP contribution in [0, 0.1) is 0 Å². The van der Waals surface area contributed by atoms with Gasteiger partial charge in [0.05, 0.1) is 6.54 Å².